The molecule has 1 atom stereocenters. The summed E-state index contributed by atoms with van der Waals surface area (Å²) in [5.74, 6) is -3.34. The van der Waals surface area contributed by atoms with E-state index in [1.807, 2.05) is 19.1 Å². The first-order valence-electron chi connectivity index (χ1n) is 11.9. The van der Waals surface area contributed by atoms with Crippen LogP contribution in [0.4, 0.5) is 5.13 Å². The fourth-order valence-corrected chi connectivity index (χ4v) is 5.26. The van der Waals surface area contributed by atoms with Gasteiger partial charge in [-0.2, -0.15) is 0 Å². The number of amides is 1. The van der Waals surface area contributed by atoms with Crippen molar-refractivity contribution >= 4 is 45.9 Å². The molecule has 2 aromatic carbocycles. The third-order valence-electron chi connectivity index (χ3n) is 6.25. The number of hydrogen-bond acceptors (Lipinski definition) is 9. The van der Waals surface area contributed by atoms with Crippen LogP contribution in [0.25, 0.3) is 5.76 Å². The van der Waals surface area contributed by atoms with Gasteiger partial charge < -0.3 is 14.6 Å². The number of nitrogens with zero attached hydrogens (tertiary/aromatic N) is 2. The zero-order chi connectivity index (χ0) is 28.4. The highest BCUT2D eigenvalue weighted by atomic mass is 32.1. The smallest absolute Gasteiger partial charge is 0.350 e. The van der Waals surface area contributed by atoms with Crippen LogP contribution in [0.2, 0.25) is 0 Å². The molecule has 1 aromatic heterocycles. The lowest BCUT2D eigenvalue weighted by Crippen LogP contribution is -2.29. The van der Waals surface area contributed by atoms with Crippen LogP contribution in [-0.2, 0) is 19.1 Å². The predicted molar refractivity (Wildman–Crippen MR) is 146 cm³/mol. The summed E-state index contributed by atoms with van der Waals surface area (Å²) in [6, 6.07) is 10.5. The Kier molecular flexibility index (Phi) is 7.78. The van der Waals surface area contributed by atoms with Gasteiger partial charge in [-0.1, -0.05) is 53.8 Å². The minimum Gasteiger partial charge on any atom is -0.507 e. The fourth-order valence-electron chi connectivity index (χ4n) is 4.28. The molecule has 1 amide bonds. The molecule has 1 aliphatic rings. The number of rotatable bonds is 7. The molecule has 1 saturated heterocycles. The maximum absolute atomic E-state index is 13.5. The van der Waals surface area contributed by atoms with E-state index in [-0.39, 0.29) is 33.5 Å². The molecule has 0 saturated carbocycles. The van der Waals surface area contributed by atoms with Crippen LogP contribution in [0.5, 0.6) is 0 Å². The van der Waals surface area contributed by atoms with E-state index in [1.54, 1.807) is 32.0 Å². The molecule has 0 bridgehead atoms. The number of aromatic nitrogens is 1. The van der Waals surface area contributed by atoms with Crippen LogP contribution in [0, 0.1) is 20.8 Å². The average molecular weight is 547 g/mol. The van der Waals surface area contributed by atoms with Crippen LogP contribution in [0.15, 0.2) is 60.7 Å². The lowest BCUT2D eigenvalue weighted by atomic mass is 9.93. The van der Waals surface area contributed by atoms with E-state index in [2.05, 4.69) is 11.6 Å². The summed E-state index contributed by atoms with van der Waals surface area (Å²) in [5.41, 5.74) is 2.87. The molecule has 1 aliphatic heterocycles. The standard InChI is InChI=1S/C29H26N2O7S/c1-6-13-38-28(36)25-17(4)30-29(39-25)31-22(18-9-11-19(12-10-18)27(35)37-5)21(24(33)26(31)34)23(32)20-14-15(2)7-8-16(20)3/h6-12,14,22,32H,1,13H2,2-5H3/b23-21+. The average Bonchev–Trinajstić information content (AvgIpc) is 3.44. The first kappa shape index (κ1) is 27.5. The first-order chi connectivity index (χ1) is 18.6. The molecular weight excluding hydrogens is 520 g/mol. The number of Topliss-reactive ketones (excluding diaryl/α,β-unsaturated/α-hetero) is 1. The molecule has 1 N–H and O–H groups in total. The number of aryl methyl sites for hydroxylation is 3. The van der Waals surface area contributed by atoms with Crippen molar-refractivity contribution in [2.45, 2.75) is 26.8 Å². The number of carbonyl (C=O) groups excluding carboxylic acids is 4. The molecular formula is C29H26N2O7S. The topological polar surface area (TPSA) is 123 Å². The Morgan fingerprint density at radius 2 is 1.79 bits per heavy atom. The summed E-state index contributed by atoms with van der Waals surface area (Å²) in [6.07, 6.45) is 1.43. The fraction of sp³-hybridized carbons (Fsp3) is 0.207. The summed E-state index contributed by atoms with van der Waals surface area (Å²) < 4.78 is 9.90. The quantitative estimate of drug-likeness (QED) is 0.147. The molecule has 0 spiro atoms. The normalized spacial score (nSPS) is 16.3. The van der Waals surface area contributed by atoms with E-state index < -0.39 is 29.7 Å². The molecule has 4 rings (SSSR count). The van der Waals surface area contributed by atoms with Gasteiger partial charge in [0.05, 0.1) is 30.0 Å². The van der Waals surface area contributed by atoms with E-state index in [4.69, 9.17) is 9.47 Å². The number of carbonyl (C=O) groups is 4. The number of thiazole rings is 1. The number of anilines is 1. The summed E-state index contributed by atoms with van der Waals surface area (Å²) in [6.45, 7) is 8.76. The van der Waals surface area contributed by atoms with E-state index in [1.165, 1.54) is 25.3 Å². The van der Waals surface area contributed by atoms with Crippen molar-refractivity contribution in [3.05, 3.63) is 99.1 Å². The van der Waals surface area contributed by atoms with Gasteiger partial charge >= 0.3 is 17.8 Å². The highest BCUT2D eigenvalue weighted by Crippen LogP contribution is 2.44. The van der Waals surface area contributed by atoms with E-state index in [9.17, 15) is 24.3 Å². The highest BCUT2D eigenvalue weighted by Gasteiger charge is 2.48. The Labute approximate surface area is 229 Å². The molecule has 1 unspecified atom stereocenters. The SMILES string of the molecule is C=CCOC(=O)c1sc(N2C(=O)C(=O)/C(=C(/O)c3cc(C)ccc3C)C2c2ccc(C(=O)OC)cc2)nc1C. The number of esters is 2. The maximum Gasteiger partial charge on any atom is 0.350 e. The van der Waals surface area contributed by atoms with Crippen molar-refractivity contribution in [2.24, 2.45) is 0 Å². The Balaban J connectivity index is 1.92. The number of methoxy groups -OCH3 is 1. The first-order valence-corrected chi connectivity index (χ1v) is 12.7. The third-order valence-corrected chi connectivity index (χ3v) is 7.39. The van der Waals surface area contributed by atoms with E-state index in [0.717, 1.165) is 21.8 Å². The second kappa shape index (κ2) is 11.0. The number of aliphatic hydroxyl groups is 1. The van der Waals surface area contributed by atoms with Crippen LogP contribution >= 0.6 is 11.3 Å². The number of aliphatic hydroxyl groups excluding tert-OH is 1. The third kappa shape index (κ3) is 5.10. The summed E-state index contributed by atoms with van der Waals surface area (Å²) in [4.78, 5) is 57.2. The summed E-state index contributed by atoms with van der Waals surface area (Å²) in [7, 11) is 1.26. The lowest BCUT2D eigenvalue weighted by Gasteiger charge is -2.23. The van der Waals surface area contributed by atoms with Gasteiger partial charge in [0, 0.05) is 5.56 Å². The van der Waals surface area contributed by atoms with Gasteiger partial charge in [-0.3, -0.25) is 14.5 Å². The Morgan fingerprint density at radius 1 is 1.10 bits per heavy atom. The molecule has 1 fully saturated rings. The second-order valence-corrected chi connectivity index (χ2v) is 9.88. The van der Waals surface area contributed by atoms with E-state index >= 15 is 0 Å². The highest BCUT2D eigenvalue weighted by molar-refractivity contribution is 7.17. The number of hydrogen-bond donors (Lipinski definition) is 1. The van der Waals surface area contributed by atoms with Crippen molar-refractivity contribution < 1.29 is 33.8 Å². The van der Waals surface area contributed by atoms with Gasteiger partial charge in [-0.05, 0) is 50.1 Å². The predicted octanol–water partition coefficient (Wildman–Crippen LogP) is 4.82. The minimum atomic E-state index is -1.08. The van der Waals surface area contributed by atoms with Gasteiger partial charge in [-0.25, -0.2) is 14.6 Å². The number of ether oxygens (including phenoxy) is 2. The number of ketones is 1. The van der Waals surface area contributed by atoms with Gasteiger partial charge in [0.1, 0.15) is 17.2 Å². The van der Waals surface area contributed by atoms with Crippen LogP contribution < -0.4 is 4.90 Å². The van der Waals surface area contributed by atoms with Crippen molar-refractivity contribution in [1.82, 2.24) is 4.98 Å². The molecule has 39 heavy (non-hydrogen) atoms. The zero-order valence-electron chi connectivity index (χ0n) is 21.8. The molecule has 0 radical (unpaired) electrons. The van der Waals surface area contributed by atoms with E-state index in [0.29, 0.717) is 22.4 Å². The Bertz CT molecular complexity index is 1540. The molecule has 0 aliphatic carbocycles. The minimum absolute atomic E-state index is 0.00158. The van der Waals surface area contributed by atoms with Crippen LogP contribution in [0.3, 0.4) is 0 Å². The van der Waals surface area contributed by atoms with Crippen molar-refractivity contribution in [1.29, 1.82) is 0 Å². The molecule has 10 heteroatoms. The maximum atomic E-state index is 13.5. The van der Waals surface area contributed by atoms with Gasteiger partial charge in [-0.15, -0.1) is 0 Å². The summed E-state index contributed by atoms with van der Waals surface area (Å²) >= 11 is 0.901. The Hall–Kier alpha value is -4.57. The monoisotopic (exact) mass is 546 g/mol. The molecule has 200 valence electrons. The van der Waals surface area contributed by atoms with Crippen LogP contribution in [0.1, 0.15) is 54.0 Å². The lowest BCUT2D eigenvalue weighted by molar-refractivity contribution is -0.132. The number of benzene rings is 2. The Morgan fingerprint density at radius 3 is 2.44 bits per heavy atom. The largest absolute Gasteiger partial charge is 0.507 e. The molecule has 3 aromatic rings. The van der Waals surface area contributed by atoms with Gasteiger partial charge in [0.15, 0.2) is 5.13 Å². The van der Waals surface area contributed by atoms with Crippen molar-refractivity contribution in [3.8, 4) is 0 Å². The van der Waals surface area contributed by atoms with Crippen LogP contribution in [-0.4, -0.2) is 47.4 Å². The van der Waals surface area contributed by atoms with Gasteiger partial charge in [0.25, 0.3) is 5.78 Å². The zero-order valence-corrected chi connectivity index (χ0v) is 22.6. The van der Waals surface area contributed by atoms with Crippen molar-refractivity contribution in [3.63, 3.8) is 0 Å². The van der Waals surface area contributed by atoms with Gasteiger partial charge in [0.2, 0.25) is 0 Å². The second-order valence-electron chi connectivity index (χ2n) is 8.90. The molecule has 2 heterocycles. The molecule has 9 nitrogen and oxygen atoms in total. The summed E-state index contributed by atoms with van der Waals surface area (Å²) in [5, 5.41) is 11.5. The van der Waals surface area contributed by atoms with Crippen molar-refractivity contribution in [2.75, 3.05) is 18.6 Å².